The van der Waals surface area contributed by atoms with Gasteiger partial charge in [-0.15, -0.1) is 5.10 Å². The number of hydrogen-bond acceptors (Lipinski definition) is 5. The highest BCUT2D eigenvalue weighted by molar-refractivity contribution is 8.00. The van der Waals surface area contributed by atoms with Crippen LogP contribution in [0.25, 0.3) is 5.69 Å². The lowest BCUT2D eigenvalue weighted by Crippen LogP contribution is -2.15. The van der Waals surface area contributed by atoms with Gasteiger partial charge in [-0.1, -0.05) is 30.0 Å². The van der Waals surface area contributed by atoms with E-state index in [2.05, 4.69) is 15.5 Å². The quantitative estimate of drug-likeness (QED) is 0.514. The molecule has 1 atom stereocenters. The van der Waals surface area contributed by atoms with E-state index in [1.165, 1.54) is 6.07 Å². The molecule has 0 aliphatic carbocycles. The average Bonchev–Trinajstić information content (AvgIpc) is 3.05. The summed E-state index contributed by atoms with van der Waals surface area (Å²) < 4.78 is 27.9. The summed E-state index contributed by atoms with van der Waals surface area (Å²) in [6.07, 6.45) is 0. The molecule has 0 aliphatic rings. The maximum atomic E-state index is 13.3. The number of nitrogens with zero attached hydrogens (tertiary/aromatic N) is 4. The number of ketones is 1. The average molecular weight is 360 g/mol. The minimum atomic E-state index is -1.05. The summed E-state index contributed by atoms with van der Waals surface area (Å²) in [5, 5.41) is 11.5. The van der Waals surface area contributed by atoms with Gasteiger partial charge in [-0.25, -0.2) is 8.78 Å². The van der Waals surface area contributed by atoms with Crippen LogP contribution < -0.4 is 0 Å². The Bertz CT molecular complexity index is 929. The van der Waals surface area contributed by atoms with Gasteiger partial charge in [0.15, 0.2) is 17.4 Å². The van der Waals surface area contributed by atoms with Gasteiger partial charge in [0.05, 0.1) is 10.9 Å². The molecular formula is C17H14F2N4OS. The maximum Gasteiger partial charge on any atom is 0.214 e. The first kappa shape index (κ1) is 17.2. The van der Waals surface area contributed by atoms with Gasteiger partial charge in [0.2, 0.25) is 5.16 Å². The van der Waals surface area contributed by atoms with Crippen molar-refractivity contribution in [3.63, 3.8) is 0 Å². The fourth-order valence-corrected chi connectivity index (χ4v) is 3.18. The van der Waals surface area contributed by atoms with E-state index in [4.69, 9.17) is 0 Å². The molecule has 3 rings (SSSR count). The highest BCUT2D eigenvalue weighted by Crippen LogP contribution is 2.26. The number of aryl methyl sites for hydroxylation is 1. The predicted octanol–water partition coefficient (Wildman–Crippen LogP) is 3.61. The summed E-state index contributed by atoms with van der Waals surface area (Å²) in [5.41, 5.74) is 1.90. The molecule has 0 bridgehead atoms. The number of aromatic nitrogens is 4. The van der Waals surface area contributed by atoms with Crippen LogP contribution in [0.3, 0.4) is 0 Å². The summed E-state index contributed by atoms with van der Waals surface area (Å²) in [7, 11) is 0. The van der Waals surface area contributed by atoms with Gasteiger partial charge in [-0.3, -0.25) is 4.79 Å². The summed E-state index contributed by atoms with van der Waals surface area (Å²) in [6, 6.07) is 10.7. The number of hydrogen-bond donors (Lipinski definition) is 0. The number of tetrazole rings is 1. The van der Waals surface area contributed by atoms with Crippen LogP contribution in [-0.4, -0.2) is 31.2 Å². The van der Waals surface area contributed by atoms with E-state index in [-0.39, 0.29) is 11.3 Å². The second-order valence-electron chi connectivity index (χ2n) is 5.41. The third-order valence-corrected chi connectivity index (χ3v) is 4.67. The summed E-state index contributed by atoms with van der Waals surface area (Å²) in [6.45, 7) is 3.60. The zero-order chi connectivity index (χ0) is 18.0. The van der Waals surface area contributed by atoms with Crippen LogP contribution in [0.4, 0.5) is 8.78 Å². The Labute approximate surface area is 147 Å². The van der Waals surface area contributed by atoms with E-state index in [0.717, 1.165) is 35.1 Å². The second-order valence-corrected chi connectivity index (χ2v) is 6.72. The molecule has 25 heavy (non-hydrogen) atoms. The van der Waals surface area contributed by atoms with Gasteiger partial charge in [-0.2, -0.15) is 4.68 Å². The molecule has 0 N–H and O–H groups in total. The van der Waals surface area contributed by atoms with Crippen molar-refractivity contribution in [3.05, 3.63) is 65.2 Å². The SMILES string of the molecule is Cc1ccccc1-n1nnnc1S[C@@H](C)C(=O)c1ccc(F)c(F)c1. The normalized spacial score (nSPS) is 12.2. The Hall–Kier alpha value is -2.61. The highest BCUT2D eigenvalue weighted by atomic mass is 32.2. The Morgan fingerprint density at radius 3 is 2.64 bits per heavy atom. The molecule has 0 amide bonds. The summed E-state index contributed by atoms with van der Waals surface area (Å²) >= 11 is 1.15. The molecule has 0 radical (unpaired) electrons. The van der Waals surface area contributed by atoms with Gasteiger partial charge in [-0.05, 0) is 54.1 Å². The van der Waals surface area contributed by atoms with Crippen molar-refractivity contribution in [1.82, 2.24) is 20.2 Å². The van der Waals surface area contributed by atoms with Crippen LogP contribution >= 0.6 is 11.8 Å². The molecule has 0 aliphatic heterocycles. The molecule has 0 saturated carbocycles. The molecule has 1 aromatic heterocycles. The molecule has 128 valence electrons. The van der Waals surface area contributed by atoms with Gasteiger partial charge < -0.3 is 0 Å². The third kappa shape index (κ3) is 3.58. The number of rotatable bonds is 5. The molecule has 1 heterocycles. The minimum Gasteiger partial charge on any atom is -0.293 e. The van der Waals surface area contributed by atoms with E-state index < -0.39 is 16.9 Å². The first-order chi connectivity index (χ1) is 12.0. The van der Waals surface area contributed by atoms with Crippen LogP contribution in [0.1, 0.15) is 22.8 Å². The number of carbonyl (C=O) groups is 1. The monoisotopic (exact) mass is 360 g/mol. The lowest BCUT2D eigenvalue weighted by molar-refractivity contribution is 0.0993. The van der Waals surface area contributed by atoms with Gasteiger partial charge in [0.1, 0.15) is 0 Å². The Morgan fingerprint density at radius 2 is 1.92 bits per heavy atom. The lowest BCUT2D eigenvalue weighted by Gasteiger charge is -2.11. The van der Waals surface area contributed by atoms with Crippen molar-refractivity contribution in [2.24, 2.45) is 0 Å². The zero-order valence-electron chi connectivity index (χ0n) is 13.5. The Kier molecular flexibility index (Phi) is 4.89. The fraction of sp³-hybridized carbons (Fsp3) is 0.176. The van der Waals surface area contributed by atoms with E-state index in [1.807, 2.05) is 31.2 Å². The van der Waals surface area contributed by atoms with Crippen LogP contribution in [0.5, 0.6) is 0 Å². The van der Waals surface area contributed by atoms with E-state index in [1.54, 1.807) is 11.6 Å². The van der Waals surface area contributed by atoms with E-state index in [0.29, 0.717) is 5.16 Å². The van der Waals surface area contributed by atoms with Crippen molar-refractivity contribution in [3.8, 4) is 5.69 Å². The van der Waals surface area contributed by atoms with Gasteiger partial charge in [0.25, 0.3) is 0 Å². The number of thioether (sulfide) groups is 1. The molecule has 0 unspecified atom stereocenters. The van der Waals surface area contributed by atoms with Crippen LogP contribution in [0.2, 0.25) is 0 Å². The standard InChI is InChI=1S/C17H14F2N4OS/c1-10-5-3-4-6-15(10)23-17(20-21-22-23)25-11(2)16(24)12-7-8-13(18)14(19)9-12/h3-9,11H,1-2H3/t11-/m0/s1. The number of carbonyl (C=O) groups excluding carboxylic acids is 1. The molecule has 0 spiro atoms. The van der Waals surface area contributed by atoms with Crippen molar-refractivity contribution in [2.45, 2.75) is 24.3 Å². The minimum absolute atomic E-state index is 0.105. The molecule has 3 aromatic rings. The molecule has 5 nitrogen and oxygen atoms in total. The number of halogens is 2. The first-order valence-electron chi connectivity index (χ1n) is 7.47. The van der Waals surface area contributed by atoms with Crippen molar-refractivity contribution in [1.29, 1.82) is 0 Å². The van der Waals surface area contributed by atoms with Crippen LogP contribution in [-0.2, 0) is 0 Å². The van der Waals surface area contributed by atoms with Gasteiger partial charge >= 0.3 is 0 Å². The molecule has 0 saturated heterocycles. The molecular weight excluding hydrogens is 346 g/mol. The van der Waals surface area contributed by atoms with Crippen LogP contribution in [0, 0.1) is 18.6 Å². The number of para-hydroxylation sites is 1. The molecule has 2 aromatic carbocycles. The van der Waals surface area contributed by atoms with Crippen molar-refractivity contribution >= 4 is 17.5 Å². The molecule has 8 heteroatoms. The Balaban J connectivity index is 1.83. The van der Waals surface area contributed by atoms with E-state index in [9.17, 15) is 13.6 Å². The Morgan fingerprint density at radius 1 is 1.16 bits per heavy atom. The number of Topliss-reactive ketones (excluding diaryl/α,β-unsaturated/α-hetero) is 1. The first-order valence-corrected chi connectivity index (χ1v) is 8.35. The van der Waals surface area contributed by atoms with Gasteiger partial charge in [0, 0.05) is 5.56 Å². The second kappa shape index (κ2) is 7.10. The predicted molar refractivity (Wildman–Crippen MR) is 89.9 cm³/mol. The lowest BCUT2D eigenvalue weighted by atomic mass is 10.1. The summed E-state index contributed by atoms with van der Waals surface area (Å²) in [5.74, 6) is -2.36. The third-order valence-electron chi connectivity index (χ3n) is 3.64. The molecule has 0 fully saturated rings. The largest absolute Gasteiger partial charge is 0.293 e. The fourth-order valence-electron chi connectivity index (χ4n) is 2.30. The zero-order valence-corrected chi connectivity index (χ0v) is 14.3. The highest BCUT2D eigenvalue weighted by Gasteiger charge is 2.21. The van der Waals surface area contributed by atoms with Crippen molar-refractivity contribution in [2.75, 3.05) is 0 Å². The summed E-state index contributed by atoms with van der Waals surface area (Å²) in [4.78, 5) is 12.5. The maximum absolute atomic E-state index is 13.3. The van der Waals surface area contributed by atoms with E-state index >= 15 is 0 Å². The van der Waals surface area contributed by atoms with Crippen LogP contribution in [0.15, 0.2) is 47.6 Å². The smallest absolute Gasteiger partial charge is 0.214 e. The van der Waals surface area contributed by atoms with Crippen molar-refractivity contribution < 1.29 is 13.6 Å². The number of benzene rings is 2. The topological polar surface area (TPSA) is 60.7 Å².